The molecule has 0 amide bonds. The Morgan fingerprint density at radius 3 is 2.67 bits per heavy atom. The van der Waals surface area contributed by atoms with Crippen LogP contribution in [0.3, 0.4) is 0 Å². The van der Waals surface area contributed by atoms with Gasteiger partial charge in [-0.1, -0.05) is 0 Å². The van der Waals surface area contributed by atoms with Gasteiger partial charge in [0.25, 0.3) is 0 Å². The highest BCUT2D eigenvalue weighted by molar-refractivity contribution is 5.66. The van der Waals surface area contributed by atoms with Crippen LogP contribution in [0.25, 0.3) is 22.8 Å². The molecule has 0 bridgehead atoms. The van der Waals surface area contributed by atoms with E-state index in [9.17, 15) is 9.65 Å². The fraction of sp³-hybridized carbons (Fsp3) is 0.0952. The van der Waals surface area contributed by atoms with Gasteiger partial charge in [-0.15, -0.1) is 0 Å². The number of halogens is 1. The lowest BCUT2D eigenvalue weighted by Crippen LogP contribution is -2.01. The summed E-state index contributed by atoms with van der Waals surface area (Å²) in [5.74, 6) is 0.642. The van der Waals surface area contributed by atoms with Crippen LogP contribution in [-0.4, -0.2) is 24.7 Å². The van der Waals surface area contributed by atoms with E-state index in [4.69, 9.17) is 10.5 Å². The maximum absolute atomic E-state index is 14.1. The molecule has 0 saturated heterocycles. The van der Waals surface area contributed by atoms with Crippen molar-refractivity contribution < 1.29 is 9.13 Å². The molecule has 0 spiro atoms. The monoisotopic (exact) mass is 401 g/mol. The van der Waals surface area contributed by atoms with Crippen LogP contribution in [0.15, 0.2) is 55.0 Å². The highest BCUT2D eigenvalue weighted by atomic mass is 19.1. The summed E-state index contributed by atoms with van der Waals surface area (Å²) in [4.78, 5) is 12.7. The van der Waals surface area contributed by atoms with Crippen LogP contribution in [0.5, 0.6) is 11.6 Å². The molecule has 0 aliphatic carbocycles. The van der Waals surface area contributed by atoms with Crippen LogP contribution >= 0.6 is 0 Å². The average Bonchev–Trinajstić information content (AvgIpc) is 3.14. The van der Waals surface area contributed by atoms with Crippen molar-refractivity contribution in [2.75, 3.05) is 0 Å². The van der Waals surface area contributed by atoms with E-state index >= 15 is 0 Å². The van der Waals surface area contributed by atoms with E-state index in [0.29, 0.717) is 40.8 Å². The number of benzene rings is 1. The first-order chi connectivity index (χ1) is 14.6. The van der Waals surface area contributed by atoms with Gasteiger partial charge in [-0.05, 0) is 30.3 Å². The SMILES string of the molecule is Cn1nc(-c2ncccc2F)cc1Oc1cc(C#N)ccc1-c1ncc(CN)cn1. The third-order valence-electron chi connectivity index (χ3n) is 4.35. The normalized spacial score (nSPS) is 10.6. The molecule has 0 aliphatic rings. The van der Waals surface area contributed by atoms with Gasteiger partial charge in [0.15, 0.2) is 11.6 Å². The number of hydrogen-bond donors (Lipinski definition) is 1. The second-order valence-electron chi connectivity index (χ2n) is 6.37. The minimum Gasteiger partial charge on any atom is -0.438 e. The fourth-order valence-corrected chi connectivity index (χ4v) is 2.81. The van der Waals surface area contributed by atoms with Crippen molar-refractivity contribution in [2.24, 2.45) is 12.8 Å². The van der Waals surface area contributed by atoms with Gasteiger partial charge in [-0.3, -0.25) is 4.98 Å². The first kappa shape index (κ1) is 19.2. The largest absolute Gasteiger partial charge is 0.438 e. The van der Waals surface area contributed by atoms with Gasteiger partial charge in [0, 0.05) is 43.8 Å². The van der Waals surface area contributed by atoms with Crippen molar-refractivity contribution in [1.82, 2.24) is 24.7 Å². The summed E-state index contributed by atoms with van der Waals surface area (Å²) in [5, 5.41) is 13.6. The molecule has 0 unspecified atom stereocenters. The Balaban J connectivity index is 1.74. The maximum Gasteiger partial charge on any atom is 0.218 e. The average molecular weight is 401 g/mol. The second-order valence-corrected chi connectivity index (χ2v) is 6.37. The molecular formula is C21H16FN7O. The molecule has 0 atom stereocenters. The molecule has 2 N–H and O–H groups in total. The van der Waals surface area contributed by atoms with Gasteiger partial charge in [-0.2, -0.15) is 10.4 Å². The standard InChI is InChI=1S/C21H16FN7O/c1-29-19(8-17(28-29)20-16(22)3-2-6-25-20)30-18-7-13(9-23)4-5-15(18)21-26-11-14(10-24)12-27-21/h2-8,11-12H,10,24H2,1H3. The number of aryl methyl sites for hydroxylation is 1. The Labute approximate surface area is 171 Å². The van der Waals surface area contributed by atoms with Crippen LogP contribution in [0.2, 0.25) is 0 Å². The Morgan fingerprint density at radius 2 is 1.97 bits per heavy atom. The molecular weight excluding hydrogens is 385 g/mol. The van der Waals surface area contributed by atoms with Gasteiger partial charge >= 0.3 is 0 Å². The zero-order chi connectivity index (χ0) is 21.1. The highest BCUT2D eigenvalue weighted by Crippen LogP contribution is 2.34. The molecule has 0 fully saturated rings. The van der Waals surface area contributed by atoms with Gasteiger partial charge < -0.3 is 10.5 Å². The second kappa shape index (κ2) is 8.06. The first-order valence-electron chi connectivity index (χ1n) is 8.97. The number of nitrogens with zero attached hydrogens (tertiary/aromatic N) is 6. The summed E-state index contributed by atoms with van der Waals surface area (Å²) in [6, 6.07) is 11.4. The van der Waals surface area contributed by atoms with Crippen LogP contribution in [0, 0.1) is 17.1 Å². The lowest BCUT2D eigenvalue weighted by Gasteiger charge is -2.11. The van der Waals surface area contributed by atoms with Crippen molar-refractivity contribution in [2.45, 2.75) is 6.54 Å². The zero-order valence-electron chi connectivity index (χ0n) is 16.0. The van der Waals surface area contributed by atoms with Crippen molar-refractivity contribution in [3.05, 3.63) is 71.9 Å². The molecule has 30 heavy (non-hydrogen) atoms. The molecule has 8 nitrogen and oxygen atoms in total. The summed E-state index contributed by atoms with van der Waals surface area (Å²) >= 11 is 0. The van der Waals surface area contributed by atoms with E-state index in [-0.39, 0.29) is 5.69 Å². The number of ether oxygens (including phenoxy) is 1. The Kier molecular flexibility index (Phi) is 5.15. The van der Waals surface area contributed by atoms with Crippen LogP contribution in [0.1, 0.15) is 11.1 Å². The van der Waals surface area contributed by atoms with E-state index in [1.165, 1.54) is 23.0 Å². The number of pyridine rings is 1. The molecule has 4 rings (SSSR count). The smallest absolute Gasteiger partial charge is 0.218 e. The maximum atomic E-state index is 14.1. The van der Waals surface area contributed by atoms with E-state index < -0.39 is 5.82 Å². The van der Waals surface area contributed by atoms with E-state index in [1.807, 2.05) is 0 Å². The third-order valence-corrected chi connectivity index (χ3v) is 4.35. The Bertz CT molecular complexity index is 1250. The molecule has 9 heteroatoms. The third kappa shape index (κ3) is 3.72. The quantitative estimate of drug-likeness (QED) is 0.546. The lowest BCUT2D eigenvalue weighted by atomic mass is 10.1. The van der Waals surface area contributed by atoms with Crippen LogP contribution in [0.4, 0.5) is 4.39 Å². The predicted molar refractivity (Wildman–Crippen MR) is 107 cm³/mol. The number of rotatable bonds is 5. The van der Waals surface area contributed by atoms with Gasteiger partial charge in [-0.25, -0.2) is 19.0 Å². The molecule has 0 aliphatic heterocycles. The summed E-state index contributed by atoms with van der Waals surface area (Å²) in [5.41, 5.74) is 7.84. The van der Waals surface area contributed by atoms with Gasteiger partial charge in [0.1, 0.15) is 17.1 Å². The molecule has 3 aromatic heterocycles. The summed E-state index contributed by atoms with van der Waals surface area (Å²) in [6.07, 6.45) is 4.76. The number of nitrogens with two attached hydrogens (primary N) is 1. The number of aromatic nitrogens is 5. The molecule has 4 aromatic rings. The van der Waals surface area contributed by atoms with Crippen LogP contribution in [-0.2, 0) is 13.6 Å². The topological polar surface area (TPSA) is 116 Å². The molecule has 148 valence electrons. The molecule has 0 radical (unpaired) electrons. The van der Waals surface area contributed by atoms with E-state index in [1.54, 1.807) is 43.7 Å². The summed E-state index contributed by atoms with van der Waals surface area (Å²) in [7, 11) is 1.67. The highest BCUT2D eigenvalue weighted by Gasteiger charge is 2.17. The minimum atomic E-state index is -0.484. The van der Waals surface area contributed by atoms with E-state index in [2.05, 4.69) is 26.1 Å². The molecule has 0 saturated carbocycles. The predicted octanol–water partition coefficient (Wildman–Crippen LogP) is 3.20. The van der Waals surface area contributed by atoms with E-state index in [0.717, 1.165) is 5.56 Å². The number of nitriles is 1. The molecule has 1 aromatic carbocycles. The van der Waals surface area contributed by atoms with Crippen LogP contribution < -0.4 is 10.5 Å². The molecule has 3 heterocycles. The van der Waals surface area contributed by atoms with Gasteiger partial charge in [0.05, 0.1) is 17.2 Å². The van der Waals surface area contributed by atoms with Crippen molar-refractivity contribution in [1.29, 1.82) is 5.26 Å². The minimum absolute atomic E-state index is 0.120. The summed E-state index contributed by atoms with van der Waals surface area (Å²) < 4.78 is 21.6. The zero-order valence-corrected chi connectivity index (χ0v) is 16.0. The van der Waals surface area contributed by atoms with Crippen molar-refractivity contribution >= 4 is 0 Å². The Morgan fingerprint density at radius 1 is 1.17 bits per heavy atom. The fourth-order valence-electron chi connectivity index (χ4n) is 2.81. The number of hydrogen-bond acceptors (Lipinski definition) is 7. The lowest BCUT2D eigenvalue weighted by molar-refractivity contribution is 0.432. The van der Waals surface area contributed by atoms with Crippen molar-refractivity contribution in [3.8, 4) is 40.5 Å². The van der Waals surface area contributed by atoms with Gasteiger partial charge in [0.2, 0.25) is 5.88 Å². The van der Waals surface area contributed by atoms with Crippen molar-refractivity contribution in [3.63, 3.8) is 0 Å². The Hall–Kier alpha value is -4.16. The first-order valence-corrected chi connectivity index (χ1v) is 8.97. The summed E-state index contributed by atoms with van der Waals surface area (Å²) in [6.45, 7) is 0.332.